The predicted octanol–water partition coefficient (Wildman–Crippen LogP) is 1.21. The van der Waals surface area contributed by atoms with Crippen LogP contribution in [0.15, 0.2) is 18.2 Å². The molecule has 0 aliphatic rings. The molecule has 0 aliphatic carbocycles. The molecule has 0 aliphatic heterocycles. The third-order valence-electron chi connectivity index (χ3n) is 2.23. The second kappa shape index (κ2) is 7.08. The molecule has 4 N–H and O–H groups in total. The van der Waals surface area contributed by atoms with Crippen molar-refractivity contribution in [1.29, 1.82) is 0 Å². The summed E-state index contributed by atoms with van der Waals surface area (Å²) in [5, 5.41) is 5.64. The van der Waals surface area contributed by atoms with E-state index in [0.717, 1.165) is 0 Å². The molecule has 1 aromatic carbocycles. The van der Waals surface area contributed by atoms with E-state index >= 15 is 0 Å². The van der Waals surface area contributed by atoms with Crippen molar-refractivity contribution in [3.05, 3.63) is 23.2 Å². The van der Waals surface area contributed by atoms with E-state index in [4.69, 9.17) is 22.1 Å². The molecule has 1 unspecified atom stereocenters. The van der Waals surface area contributed by atoms with Crippen molar-refractivity contribution in [2.75, 3.05) is 24.4 Å². The summed E-state index contributed by atoms with van der Waals surface area (Å²) in [7, 11) is 1.46. The number of hydrogen-bond donors (Lipinski definition) is 3. The fourth-order valence-corrected chi connectivity index (χ4v) is 1.57. The van der Waals surface area contributed by atoms with Crippen LogP contribution in [0.3, 0.4) is 0 Å². The van der Waals surface area contributed by atoms with Gasteiger partial charge in [0.1, 0.15) is 6.04 Å². The fourth-order valence-electron chi connectivity index (χ4n) is 1.40. The highest BCUT2D eigenvalue weighted by atomic mass is 35.5. The maximum atomic E-state index is 11.8. The lowest BCUT2D eigenvalue weighted by molar-refractivity contribution is -0.118. The quantitative estimate of drug-likeness (QED) is 0.758. The third-order valence-corrected chi connectivity index (χ3v) is 2.47. The highest BCUT2D eigenvalue weighted by Gasteiger charge is 2.15. The lowest BCUT2D eigenvalue weighted by Gasteiger charge is -2.14. The van der Waals surface area contributed by atoms with Gasteiger partial charge in [-0.15, -0.1) is 0 Å². The molecule has 1 aromatic rings. The van der Waals surface area contributed by atoms with E-state index in [1.54, 1.807) is 18.2 Å². The number of anilines is 2. The van der Waals surface area contributed by atoms with E-state index in [1.807, 2.05) is 0 Å². The first-order chi connectivity index (χ1) is 8.93. The number of methoxy groups -OCH3 is 1. The van der Waals surface area contributed by atoms with Crippen LogP contribution in [0.4, 0.5) is 11.4 Å². The lowest BCUT2D eigenvalue weighted by atomic mass is 10.2. The maximum Gasteiger partial charge on any atom is 0.243 e. The van der Waals surface area contributed by atoms with Crippen LogP contribution in [0.2, 0.25) is 5.02 Å². The van der Waals surface area contributed by atoms with Gasteiger partial charge in [-0.25, -0.2) is 0 Å². The second-order valence-corrected chi connectivity index (χ2v) is 4.36. The number of ether oxygens (including phenoxy) is 1. The molecule has 0 radical (unpaired) electrons. The minimum Gasteiger partial charge on any atom is -0.383 e. The molecule has 19 heavy (non-hydrogen) atoms. The van der Waals surface area contributed by atoms with E-state index in [-0.39, 0.29) is 12.5 Å². The van der Waals surface area contributed by atoms with Crippen molar-refractivity contribution >= 4 is 34.8 Å². The zero-order valence-electron chi connectivity index (χ0n) is 10.7. The van der Waals surface area contributed by atoms with Crippen LogP contribution in [-0.4, -0.2) is 31.6 Å². The van der Waals surface area contributed by atoms with Crippen LogP contribution in [0.25, 0.3) is 0 Å². The highest BCUT2D eigenvalue weighted by molar-refractivity contribution is 6.31. The molecular formula is C12H16ClN3O3. The summed E-state index contributed by atoms with van der Waals surface area (Å²) in [6, 6.07) is 3.95. The fraction of sp³-hybridized carbons (Fsp3) is 0.333. The van der Waals surface area contributed by atoms with E-state index in [1.165, 1.54) is 14.0 Å². The molecule has 0 spiro atoms. The van der Waals surface area contributed by atoms with Crippen molar-refractivity contribution in [3.63, 3.8) is 0 Å². The Labute approximate surface area is 116 Å². The van der Waals surface area contributed by atoms with E-state index in [2.05, 4.69) is 10.6 Å². The van der Waals surface area contributed by atoms with Crippen molar-refractivity contribution < 1.29 is 14.3 Å². The van der Waals surface area contributed by atoms with Crippen LogP contribution < -0.4 is 16.4 Å². The molecule has 1 rings (SSSR count). The normalized spacial score (nSPS) is 11.8. The number of amides is 2. The first kappa shape index (κ1) is 15.4. The first-order valence-electron chi connectivity index (χ1n) is 5.56. The highest BCUT2D eigenvalue weighted by Crippen LogP contribution is 2.25. The summed E-state index contributed by atoms with van der Waals surface area (Å²) in [6.45, 7) is 1.47. The number of nitrogens with two attached hydrogens (primary N) is 1. The maximum absolute atomic E-state index is 11.8. The Balaban J connectivity index is 2.87. The van der Waals surface area contributed by atoms with E-state index in [0.29, 0.717) is 16.4 Å². The molecular weight excluding hydrogens is 270 g/mol. The summed E-state index contributed by atoms with van der Waals surface area (Å²) < 4.78 is 4.80. The number of hydrogen-bond acceptors (Lipinski definition) is 4. The van der Waals surface area contributed by atoms with E-state index in [9.17, 15) is 9.59 Å². The zero-order valence-corrected chi connectivity index (χ0v) is 11.5. The Morgan fingerprint density at radius 3 is 2.63 bits per heavy atom. The Kier molecular flexibility index (Phi) is 5.75. The Hall–Kier alpha value is -1.63. The summed E-state index contributed by atoms with van der Waals surface area (Å²) in [5.74, 6) is -0.672. The van der Waals surface area contributed by atoms with Gasteiger partial charge in [-0.2, -0.15) is 0 Å². The summed E-state index contributed by atoms with van der Waals surface area (Å²) in [6.07, 6.45) is 0. The van der Waals surface area contributed by atoms with E-state index < -0.39 is 11.9 Å². The number of rotatable bonds is 5. The SMILES string of the molecule is COCC(N)C(=O)Nc1ccc(Cl)cc1NC(C)=O. The molecule has 2 amide bonds. The zero-order chi connectivity index (χ0) is 14.4. The number of halogens is 1. The number of nitrogens with one attached hydrogen (secondary N) is 2. The summed E-state index contributed by atoms with van der Waals surface area (Å²) in [5.41, 5.74) is 6.45. The average Bonchev–Trinajstić information content (AvgIpc) is 2.32. The van der Waals surface area contributed by atoms with Gasteiger partial charge in [0.2, 0.25) is 11.8 Å². The molecule has 0 fully saturated rings. The summed E-state index contributed by atoms with van der Waals surface area (Å²) >= 11 is 5.84. The van der Waals surface area contributed by atoms with Crippen molar-refractivity contribution in [1.82, 2.24) is 0 Å². The minimum atomic E-state index is -0.786. The number of benzene rings is 1. The smallest absolute Gasteiger partial charge is 0.243 e. The Bertz CT molecular complexity index is 479. The van der Waals surface area contributed by atoms with Gasteiger partial charge in [0.05, 0.1) is 18.0 Å². The van der Waals surface area contributed by atoms with Crippen molar-refractivity contribution in [3.8, 4) is 0 Å². The van der Waals surface area contributed by atoms with Gasteiger partial charge >= 0.3 is 0 Å². The largest absolute Gasteiger partial charge is 0.383 e. The van der Waals surface area contributed by atoms with Crippen LogP contribution in [0, 0.1) is 0 Å². The van der Waals surface area contributed by atoms with Crippen molar-refractivity contribution in [2.24, 2.45) is 5.73 Å². The molecule has 0 saturated carbocycles. The Morgan fingerprint density at radius 1 is 1.37 bits per heavy atom. The van der Waals surface area contributed by atoms with Gasteiger partial charge in [-0.05, 0) is 18.2 Å². The molecule has 6 nitrogen and oxygen atoms in total. The molecule has 0 saturated heterocycles. The molecule has 0 bridgehead atoms. The summed E-state index contributed by atoms with van der Waals surface area (Å²) in [4.78, 5) is 22.9. The number of carbonyl (C=O) groups excluding carboxylic acids is 2. The molecule has 0 aromatic heterocycles. The van der Waals surface area contributed by atoms with Gasteiger partial charge in [-0.3, -0.25) is 9.59 Å². The van der Waals surface area contributed by atoms with Crippen LogP contribution >= 0.6 is 11.6 Å². The van der Waals surface area contributed by atoms with Gasteiger partial charge in [0.15, 0.2) is 0 Å². The third kappa shape index (κ3) is 4.86. The van der Waals surface area contributed by atoms with Gasteiger partial charge < -0.3 is 21.1 Å². The van der Waals surface area contributed by atoms with Crippen LogP contribution in [-0.2, 0) is 14.3 Å². The topological polar surface area (TPSA) is 93.4 Å². The van der Waals surface area contributed by atoms with Crippen LogP contribution in [0.1, 0.15) is 6.92 Å². The van der Waals surface area contributed by atoms with Crippen LogP contribution in [0.5, 0.6) is 0 Å². The lowest BCUT2D eigenvalue weighted by Crippen LogP contribution is -2.39. The van der Waals surface area contributed by atoms with Gasteiger partial charge in [0, 0.05) is 19.1 Å². The van der Waals surface area contributed by atoms with Crippen molar-refractivity contribution in [2.45, 2.75) is 13.0 Å². The predicted molar refractivity (Wildman–Crippen MR) is 74.2 cm³/mol. The molecule has 7 heteroatoms. The molecule has 1 atom stereocenters. The number of carbonyl (C=O) groups is 2. The Morgan fingerprint density at radius 2 is 2.05 bits per heavy atom. The standard InChI is InChI=1S/C12H16ClN3O3/c1-7(17)15-11-5-8(13)3-4-10(11)16-12(18)9(14)6-19-2/h3-5,9H,6,14H2,1-2H3,(H,15,17)(H,16,18). The minimum absolute atomic E-state index is 0.106. The monoisotopic (exact) mass is 285 g/mol. The van der Waals surface area contributed by atoms with Gasteiger partial charge in [-0.1, -0.05) is 11.6 Å². The van der Waals surface area contributed by atoms with Gasteiger partial charge in [0.25, 0.3) is 0 Å². The molecule has 0 heterocycles. The first-order valence-corrected chi connectivity index (χ1v) is 5.94. The average molecular weight is 286 g/mol. The molecule has 104 valence electrons. The second-order valence-electron chi connectivity index (χ2n) is 3.92.